The summed E-state index contributed by atoms with van der Waals surface area (Å²) >= 11 is 1.26. The summed E-state index contributed by atoms with van der Waals surface area (Å²) in [6, 6.07) is 0. The molecule has 2 rings (SSSR count). The summed E-state index contributed by atoms with van der Waals surface area (Å²) in [4.78, 5) is 10.9. The molecule has 9 heteroatoms. The topological polar surface area (TPSA) is 98.8 Å². The zero-order valence-electron chi connectivity index (χ0n) is 11.6. The number of anilines is 1. The third-order valence-electron chi connectivity index (χ3n) is 3.03. The molecule has 0 fully saturated rings. The molecule has 2 aromatic rings. The second-order valence-corrected chi connectivity index (χ2v) is 4.92. The third kappa shape index (κ3) is 2.48. The number of hydrogen-bond acceptors (Lipinski definition) is 7. The summed E-state index contributed by atoms with van der Waals surface area (Å²) < 4.78 is 5.54. The quantitative estimate of drug-likeness (QED) is 0.645. The highest BCUT2D eigenvalue weighted by Gasteiger charge is 2.26. The Morgan fingerprint density at radius 3 is 2.65 bits per heavy atom. The van der Waals surface area contributed by atoms with Gasteiger partial charge in [-0.25, -0.2) is 0 Å². The van der Waals surface area contributed by atoms with Gasteiger partial charge in [-0.1, -0.05) is 18.3 Å². The Hall–Kier alpha value is -2.03. The van der Waals surface area contributed by atoms with Crippen LogP contribution in [0.1, 0.15) is 30.9 Å². The average Bonchev–Trinajstić information content (AvgIpc) is 3.02. The van der Waals surface area contributed by atoms with Crippen LogP contribution in [-0.2, 0) is 19.4 Å². The molecule has 0 spiro atoms. The lowest BCUT2D eigenvalue weighted by Gasteiger charge is -2.04. The van der Waals surface area contributed by atoms with Gasteiger partial charge in [0.25, 0.3) is 0 Å². The highest BCUT2D eigenvalue weighted by atomic mass is 32.1. The molecule has 0 bridgehead atoms. The van der Waals surface area contributed by atoms with Crippen molar-refractivity contribution >= 4 is 22.2 Å². The van der Waals surface area contributed by atoms with Gasteiger partial charge in [0.05, 0.1) is 11.5 Å². The van der Waals surface area contributed by atoms with Gasteiger partial charge in [-0.15, -0.1) is 5.10 Å². The molecule has 0 aromatic carbocycles. The largest absolute Gasteiger partial charge is 0.377 e. The molecule has 0 amide bonds. The number of nitrogens with zero attached hydrogens (tertiary/aromatic N) is 5. The summed E-state index contributed by atoms with van der Waals surface area (Å²) in [6.45, 7) is 4.14. The lowest BCUT2D eigenvalue weighted by Crippen LogP contribution is -2.08. The maximum absolute atomic E-state index is 11.2. The number of hydrogen-bond donors (Lipinski definition) is 1. The van der Waals surface area contributed by atoms with Crippen LogP contribution in [0.4, 0.5) is 10.7 Å². The van der Waals surface area contributed by atoms with Crippen molar-refractivity contribution in [3.63, 3.8) is 0 Å². The fourth-order valence-electron chi connectivity index (χ4n) is 2.12. The number of nitrogens with one attached hydrogen (secondary N) is 1. The predicted octanol–water partition coefficient (Wildman–Crippen LogP) is 1.86. The van der Waals surface area contributed by atoms with Crippen LogP contribution in [0.2, 0.25) is 0 Å². The van der Waals surface area contributed by atoms with Crippen LogP contribution in [0, 0.1) is 10.1 Å². The minimum absolute atomic E-state index is 0.129. The summed E-state index contributed by atoms with van der Waals surface area (Å²) in [6.07, 6.45) is 1.08. The van der Waals surface area contributed by atoms with Crippen molar-refractivity contribution in [3.8, 4) is 0 Å². The van der Waals surface area contributed by atoms with Crippen LogP contribution in [0.25, 0.3) is 0 Å². The second kappa shape index (κ2) is 5.95. The summed E-state index contributed by atoms with van der Waals surface area (Å²) in [5.74, 6) is 0. The Bertz CT molecular complexity index is 620. The first-order chi connectivity index (χ1) is 9.62. The minimum Gasteiger partial charge on any atom is -0.377 e. The van der Waals surface area contributed by atoms with E-state index in [1.54, 1.807) is 11.7 Å². The highest BCUT2D eigenvalue weighted by Crippen LogP contribution is 2.26. The summed E-state index contributed by atoms with van der Waals surface area (Å²) in [5.41, 5.74) is 2.01. The van der Waals surface area contributed by atoms with E-state index in [9.17, 15) is 10.1 Å². The molecule has 20 heavy (non-hydrogen) atoms. The number of nitro groups is 1. The van der Waals surface area contributed by atoms with Gasteiger partial charge in [-0.2, -0.15) is 5.10 Å². The van der Waals surface area contributed by atoms with E-state index in [0.717, 1.165) is 10.7 Å². The van der Waals surface area contributed by atoms with Crippen LogP contribution < -0.4 is 5.32 Å². The maximum atomic E-state index is 11.2. The van der Waals surface area contributed by atoms with E-state index in [4.69, 9.17) is 0 Å². The second-order valence-electron chi connectivity index (χ2n) is 4.16. The molecule has 2 heterocycles. The van der Waals surface area contributed by atoms with Crippen LogP contribution in [-0.4, -0.2) is 31.3 Å². The smallest absolute Gasteiger partial charge is 0.313 e. The van der Waals surface area contributed by atoms with Crippen molar-refractivity contribution in [2.75, 3.05) is 12.4 Å². The summed E-state index contributed by atoms with van der Waals surface area (Å²) in [5, 5.41) is 23.5. The summed E-state index contributed by atoms with van der Waals surface area (Å²) in [7, 11) is 1.79. The zero-order chi connectivity index (χ0) is 14.7. The molecule has 0 aliphatic carbocycles. The van der Waals surface area contributed by atoms with Gasteiger partial charge in [-0.3, -0.25) is 14.8 Å². The Morgan fingerprint density at radius 1 is 1.35 bits per heavy atom. The molecule has 0 unspecified atom stereocenters. The van der Waals surface area contributed by atoms with Gasteiger partial charge >= 0.3 is 5.69 Å². The highest BCUT2D eigenvalue weighted by molar-refractivity contribution is 7.10. The Labute approximate surface area is 120 Å². The molecule has 0 atom stereocenters. The van der Waals surface area contributed by atoms with Crippen LogP contribution in [0.15, 0.2) is 0 Å². The molecule has 0 saturated heterocycles. The van der Waals surface area contributed by atoms with Crippen LogP contribution in [0.5, 0.6) is 0 Å². The Balaban J connectivity index is 2.44. The van der Waals surface area contributed by atoms with E-state index in [1.165, 1.54) is 11.5 Å². The van der Waals surface area contributed by atoms with E-state index in [2.05, 4.69) is 20.0 Å². The van der Waals surface area contributed by atoms with Crippen LogP contribution in [0.3, 0.4) is 0 Å². The van der Waals surface area contributed by atoms with Crippen molar-refractivity contribution in [2.45, 2.75) is 33.2 Å². The molecule has 2 aromatic heterocycles. The van der Waals surface area contributed by atoms with Crippen molar-refractivity contribution in [2.24, 2.45) is 0 Å². The van der Waals surface area contributed by atoms with Gasteiger partial charge in [0, 0.05) is 18.6 Å². The average molecular weight is 296 g/mol. The van der Waals surface area contributed by atoms with Gasteiger partial charge < -0.3 is 5.32 Å². The number of rotatable bonds is 6. The van der Waals surface area contributed by atoms with Crippen molar-refractivity contribution in [1.82, 2.24) is 19.4 Å². The van der Waals surface area contributed by atoms with Crippen molar-refractivity contribution in [3.05, 3.63) is 27.2 Å². The van der Waals surface area contributed by atoms with Crippen LogP contribution >= 0.6 is 11.5 Å². The Kier molecular flexibility index (Phi) is 4.28. The van der Waals surface area contributed by atoms with E-state index in [-0.39, 0.29) is 10.6 Å². The normalized spacial score (nSPS) is 10.8. The molecule has 1 N–H and O–H groups in total. The van der Waals surface area contributed by atoms with Gasteiger partial charge in [0.2, 0.25) is 0 Å². The van der Waals surface area contributed by atoms with Gasteiger partial charge in [-0.05, 0) is 12.8 Å². The number of aromatic nitrogens is 4. The zero-order valence-corrected chi connectivity index (χ0v) is 12.4. The van der Waals surface area contributed by atoms with Crippen molar-refractivity contribution in [1.29, 1.82) is 0 Å². The SMILES string of the molecule is CCc1nn(Cc2nnsc2NC)c(CC)c1[N+](=O)[O-]. The van der Waals surface area contributed by atoms with E-state index in [0.29, 0.717) is 30.8 Å². The molecular formula is C11H16N6O2S. The minimum atomic E-state index is -0.348. The molecule has 0 aliphatic heterocycles. The molecular weight excluding hydrogens is 280 g/mol. The molecule has 0 saturated carbocycles. The first kappa shape index (κ1) is 14.4. The van der Waals surface area contributed by atoms with Gasteiger partial charge in [0.1, 0.15) is 22.1 Å². The fraction of sp³-hybridized carbons (Fsp3) is 0.545. The molecule has 0 radical (unpaired) electrons. The van der Waals surface area contributed by atoms with Gasteiger partial charge in [0.15, 0.2) is 0 Å². The monoisotopic (exact) mass is 296 g/mol. The standard InChI is InChI=1S/C11H16N6O2S/c1-4-7-10(17(18)19)9(5-2)16(14-7)6-8-11(12-3)20-15-13-8/h12H,4-6H2,1-3H3. The first-order valence-corrected chi connectivity index (χ1v) is 7.11. The Morgan fingerprint density at radius 2 is 2.10 bits per heavy atom. The molecule has 108 valence electrons. The molecule has 0 aliphatic rings. The maximum Gasteiger partial charge on any atom is 0.313 e. The van der Waals surface area contributed by atoms with E-state index < -0.39 is 0 Å². The lowest BCUT2D eigenvalue weighted by molar-refractivity contribution is -0.386. The van der Waals surface area contributed by atoms with E-state index >= 15 is 0 Å². The lowest BCUT2D eigenvalue weighted by atomic mass is 10.2. The number of aryl methyl sites for hydroxylation is 1. The van der Waals surface area contributed by atoms with E-state index in [1.807, 2.05) is 13.8 Å². The van der Waals surface area contributed by atoms with Crippen molar-refractivity contribution < 1.29 is 4.92 Å². The molecule has 8 nitrogen and oxygen atoms in total. The first-order valence-electron chi connectivity index (χ1n) is 6.34. The fourth-order valence-corrected chi connectivity index (χ4v) is 2.64. The predicted molar refractivity (Wildman–Crippen MR) is 76.2 cm³/mol. The third-order valence-corrected chi connectivity index (χ3v) is 3.82.